The molecule has 0 bridgehead atoms. The van der Waals surface area contributed by atoms with E-state index in [1.54, 1.807) is 6.20 Å². The van der Waals surface area contributed by atoms with Crippen LogP contribution in [0.4, 0.5) is 5.82 Å². The number of esters is 1. The maximum atomic E-state index is 12.8. The molecular weight excluding hydrogens is 438 g/mol. The summed E-state index contributed by atoms with van der Waals surface area (Å²) in [7, 11) is 0. The minimum Gasteiger partial charge on any atom is -0.459 e. The normalized spacial score (nSPS) is 15.6. The van der Waals surface area contributed by atoms with E-state index in [2.05, 4.69) is 33.8 Å². The van der Waals surface area contributed by atoms with Gasteiger partial charge in [-0.2, -0.15) is 0 Å². The molecule has 6 nitrogen and oxygen atoms in total. The first kappa shape index (κ1) is 24.7. The zero-order valence-corrected chi connectivity index (χ0v) is 21.1. The van der Waals surface area contributed by atoms with Crippen molar-refractivity contribution in [3.8, 4) is 11.5 Å². The van der Waals surface area contributed by atoms with Gasteiger partial charge in [-0.15, -0.1) is 0 Å². The number of ether oxygens (including phenoxy) is 2. The first-order valence-electron chi connectivity index (χ1n) is 12.4. The Morgan fingerprint density at radius 3 is 2.60 bits per heavy atom. The Morgan fingerprint density at radius 2 is 1.86 bits per heavy atom. The molecule has 4 rings (SSSR count). The third kappa shape index (κ3) is 6.01. The van der Waals surface area contributed by atoms with E-state index in [4.69, 9.17) is 9.47 Å². The van der Waals surface area contributed by atoms with Crippen LogP contribution in [-0.2, 0) is 11.3 Å². The Labute approximate surface area is 208 Å². The maximum absolute atomic E-state index is 12.8. The molecule has 1 aliphatic heterocycles. The Bertz CT molecular complexity index is 1130. The molecule has 2 heterocycles. The lowest BCUT2D eigenvalue weighted by Gasteiger charge is -2.29. The van der Waals surface area contributed by atoms with E-state index in [0.717, 1.165) is 61.0 Å². The van der Waals surface area contributed by atoms with Gasteiger partial charge in [0.15, 0.2) is 0 Å². The number of carbonyl (C=O) groups is 1. The number of rotatable bonds is 9. The van der Waals surface area contributed by atoms with Gasteiger partial charge in [0, 0.05) is 37.4 Å². The number of carbonyl (C=O) groups excluding carboxylic acids is 1. The molecule has 184 valence electrons. The van der Waals surface area contributed by atoms with Crippen LogP contribution in [0, 0.1) is 6.92 Å². The van der Waals surface area contributed by atoms with Crippen LogP contribution >= 0.6 is 0 Å². The number of anilines is 1. The van der Waals surface area contributed by atoms with Crippen molar-refractivity contribution in [3.05, 3.63) is 83.6 Å². The highest BCUT2D eigenvalue weighted by Gasteiger charge is 2.31. The molecule has 1 aliphatic rings. The number of likely N-dealkylation sites (N-methyl/N-ethyl adjacent to an activating group) is 1. The number of aryl methyl sites for hydroxylation is 1. The van der Waals surface area contributed by atoms with Gasteiger partial charge in [-0.25, -0.2) is 9.78 Å². The summed E-state index contributed by atoms with van der Waals surface area (Å²) in [6.45, 7) is 11.2. The van der Waals surface area contributed by atoms with Crippen LogP contribution in [0.25, 0.3) is 0 Å². The minimum absolute atomic E-state index is 0.171. The van der Waals surface area contributed by atoms with Crippen LogP contribution < -0.4 is 9.64 Å². The second-order valence-corrected chi connectivity index (χ2v) is 9.25. The molecule has 0 unspecified atom stereocenters. The Hall–Kier alpha value is -3.38. The van der Waals surface area contributed by atoms with Crippen molar-refractivity contribution in [3.63, 3.8) is 0 Å². The first-order valence-corrected chi connectivity index (χ1v) is 12.4. The monoisotopic (exact) mass is 473 g/mol. The molecule has 1 saturated heterocycles. The largest absolute Gasteiger partial charge is 0.459 e. The van der Waals surface area contributed by atoms with Crippen molar-refractivity contribution in [2.75, 3.05) is 24.5 Å². The Balaban J connectivity index is 1.50. The molecule has 0 amide bonds. The predicted octanol–water partition coefficient (Wildman–Crippen LogP) is 5.85. The quantitative estimate of drug-likeness (QED) is 0.364. The lowest BCUT2D eigenvalue weighted by atomic mass is 10.1. The van der Waals surface area contributed by atoms with Gasteiger partial charge < -0.3 is 14.4 Å². The maximum Gasteiger partial charge on any atom is 0.342 e. The smallest absolute Gasteiger partial charge is 0.342 e. The highest BCUT2D eigenvalue weighted by molar-refractivity contribution is 5.96. The van der Waals surface area contributed by atoms with Crippen molar-refractivity contribution in [2.24, 2.45) is 0 Å². The van der Waals surface area contributed by atoms with Gasteiger partial charge in [-0.05, 0) is 63.6 Å². The highest BCUT2D eigenvalue weighted by atomic mass is 16.5. The second kappa shape index (κ2) is 11.4. The summed E-state index contributed by atoms with van der Waals surface area (Å²) < 4.78 is 11.7. The fraction of sp³-hybridized carbons (Fsp3) is 0.379. The van der Waals surface area contributed by atoms with Crippen LogP contribution in [0.2, 0.25) is 0 Å². The summed E-state index contributed by atoms with van der Waals surface area (Å²) in [4.78, 5) is 22.1. The molecule has 0 aliphatic carbocycles. The summed E-state index contributed by atoms with van der Waals surface area (Å²) >= 11 is 0. The van der Waals surface area contributed by atoms with Gasteiger partial charge in [0.2, 0.25) is 0 Å². The number of aromatic nitrogens is 1. The van der Waals surface area contributed by atoms with Gasteiger partial charge in [0.1, 0.15) is 22.9 Å². The van der Waals surface area contributed by atoms with Gasteiger partial charge in [-0.1, -0.05) is 43.3 Å². The molecule has 1 fully saturated rings. The molecule has 6 heteroatoms. The lowest BCUT2D eigenvalue weighted by molar-refractivity contribution is 0.0377. The third-order valence-corrected chi connectivity index (χ3v) is 6.39. The molecule has 0 spiro atoms. The molecule has 0 radical (unpaired) electrons. The van der Waals surface area contributed by atoms with Gasteiger partial charge >= 0.3 is 5.97 Å². The average Bonchev–Trinajstić information content (AvgIpc) is 3.33. The van der Waals surface area contributed by atoms with Crippen molar-refractivity contribution in [1.29, 1.82) is 0 Å². The summed E-state index contributed by atoms with van der Waals surface area (Å²) in [6.07, 6.45) is 2.61. The van der Waals surface area contributed by atoms with Gasteiger partial charge in [0.25, 0.3) is 0 Å². The van der Waals surface area contributed by atoms with Crippen molar-refractivity contribution >= 4 is 11.8 Å². The summed E-state index contributed by atoms with van der Waals surface area (Å²) in [6, 6.07) is 20.3. The van der Waals surface area contributed by atoms with E-state index in [1.807, 2.05) is 69.3 Å². The predicted molar refractivity (Wildman–Crippen MR) is 139 cm³/mol. The molecule has 0 saturated carbocycles. The van der Waals surface area contributed by atoms with Crippen molar-refractivity contribution < 1.29 is 14.3 Å². The van der Waals surface area contributed by atoms with Crippen molar-refractivity contribution in [1.82, 2.24) is 9.88 Å². The number of benzene rings is 2. The van der Waals surface area contributed by atoms with Crippen molar-refractivity contribution in [2.45, 2.75) is 52.8 Å². The van der Waals surface area contributed by atoms with Crippen LogP contribution in [0.5, 0.6) is 11.5 Å². The Morgan fingerprint density at radius 1 is 1.11 bits per heavy atom. The zero-order chi connectivity index (χ0) is 24.8. The van der Waals surface area contributed by atoms with E-state index in [1.165, 1.54) is 0 Å². The highest BCUT2D eigenvalue weighted by Crippen LogP contribution is 2.30. The SMILES string of the molecule is CCN(Cc1ccccc1Oc1ccccc1)[C@@H]1CCN(c2nccc(C)c2C(=O)OC(C)C)C1. The standard InChI is InChI=1S/C29H35N3O3/c1-5-31(19-23-11-9-10-14-26(23)35-25-12-7-6-8-13-25)24-16-18-32(20-24)28-27(22(4)15-17-30-28)29(33)34-21(2)3/h6-15,17,21,24H,5,16,18-20H2,1-4H3/t24-/m1/s1. The summed E-state index contributed by atoms with van der Waals surface area (Å²) in [5, 5.41) is 0. The topological polar surface area (TPSA) is 54.9 Å². The average molecular weight is 474 g/mol. The fourth-order valence-corrected chi connectivity index (χ4v) is 4.61. The Kier molecular flexibility index (Phi) is 8.03. The molecule has 2 aromatic carbocycles. The number of hydrogen-bond acceptors (Lipinski definition) is 6. The zero-order valence-electron chi connectivity index (χ0n) is 21.1. The third-order valence-electron chi connectivity index (χ3n) is 6.39. The molecule has 1 atom stereocenters. The molecule has 35 heavy (non-hydrogen) atoms. The van der Waals surface area contributed by atoms with Crippen LogP contribution in [0.15, 0.2) is 66.9 Å². The van der Waals surface area contributed by atoms with Crippen LogP contribution in [0.3, 0.4) is 0 Å². The molecular formula is C29H35N3O3. The summed E-state index contributed by atoms with van der Waals surface area (Å²) in [5.41, 5.74) is 2.63. The second-order valence-electron chi connectivity index (χ2n) is 9.25. The van der Waals surface area contributed by atoms with Gasteiger partial charge in [0.05, 0.1) is 6.10 Å². The van der Waals surface area contributed by atoms with E-state index in [9.17, 15) is 4.79 Å². The number of hydrogen-bond donors (Lipinski definition) is 0. The number of pyridine rings is 1. The number of nitrogens with zero attached hydrogens (tertiary/aromatic N) is 3. The van der Waals surface area contributed by atoms with E-state index in [0.29, 0.717) is 11.6 Å². The summed E-state index contributed by atoms with van der Waals surface area (Å²) in [5.74, 6) is 2.14. The fourth-order valence-electron chi connectivity index (χ4n) is 4.61. The van der Waals surface area contributed by atoms with Crippen LogP contribution in [0.1, 0.15) is 48.7 Å². The molecule has 0 N–H and O–H groups in total. The van der Waals surface area contributed by atoms with E-state index < -0.39 is 0 Å². The van der Waals surface area contributed by atoms with E-state index in [-0.39, 0.29) is 12.1 Å². The molecule has 1 aromatic heterocycles. The minimum atomic E-state index is -0.302. The molecule has 3 aromatic rings. The first-order chi connectivity index (χ1) is 17.0. The lowest BCUT2D eigenvalue weighted by Crippen LogP contribution is -2.37. The van der Waals surface area contributed by atoms with Crippen LogP contribution in [-0.4, -0.2) is 47.6 Å². The number of para-hydroxylation sites is 2. The van der Waals surface area contributed by atoms with Gasteiger partial charge in [-0.3, -0.25) is 4.90 Å². The van der Waals surface area contributed by atoms with E-state index >= 15 is 0 Å².